The van der Waals surface area contributed by atoms with E-state index in [9.17, 15) is 15.0 Å². The molecule has 3 aromatic rings. The number of aromatic nitrogens is 3. The van der Waals surface area contributed by atoms with E-state index in [0.29, 0.717) is 33.9 Å². The molecule has 0 spiro atoms. The highest BCUT2D eigenvalue weighted by atomic mass is 32.1. The number of hydrogen-bond donors (Lipinski definition) is 2. The third-order valence-corrected chi connectivity index (χ3v) is 6.27. The van der Waals surface area contributed by atoms with Crippen molar-refractivity contribution in [3.8, 4) is 17.1 Å². The standard InChI is InChI=1S/C19H17N3O4S.C4H8O/c1-22-19(25)13-5-3-4-12(17(13)27-22)16-18(26-2)21-14-7-10(9-23)6-11(24)8-15(14)20-16;1-2-4-5-3-1/h3-7,23-24H,8-9H2,1-2H3;1-4H2. The normalized spacial score (nSPS) is 15.3. The minimum atomic E-state index is -0.216. The number of aliphatic hydroxyl groups is 2. The highest BCUT2D eigenvalue weighted by Crippen LogP contribution is 2.35. The number of ether oxygens (including phenoxy) is 2. The van der Waals surface area contributed by atoms with Crippen LogP contribution in [0.4, 0.5) is 0 Å². The quantitative estimate of drug-likeness (QED) is 0.624. The van der Waals surface area contributed by atoms with E-state index in [2.05, 4.69) is 4.98 Å². The molecule has 1 aliphatic carbocycles. The SMILES string of the molecule is C1CCOC1.COc1nc2c(nc1-c1cccc3c(=O)n(C)sc13)CC(O)=CC(CO)=C2. The van der Waals surface area contributed by atoms with E-state index in [1.165, 1.54) is 37.6 Å². The number of fused-ring (bicyclic) bond motifs is 2. The molecule has 0 radical (unpaired) electrons. The van der Waals surface area contributed by atoms with Gasteiger partial charge in [0.25, 0.3) is 5.56 Å². The highest BCUT2D eigenvalue weighted by Gasteiger charge is 2.21. The number of nitrogens with zero attached hydrogens (tertiary/aromatic N) is 3. The van der Waals surface area contributed by atoms with Gasteiger partial charge in [0.1, 0.15) is 5.69 Å². The zero-order valence-electron chi connectivity index (χ0n) is 18.0. The summed E-state index contributed by atoms with van der Waals surface area (Å²) in [6.07, 6.45) is 5.94. The fraction of sp³-hybridized carbons (Fsp3) is 0.348. The van der Waals surface area contributed by atoms with E-state index in [4.69, 9.17) is 14.5 Å². The molecule has 0 unspecified atom stereocenters. The zero-order chi connectivity index (χ0) is 22.7. The van der Waals surface area contributed by atoms with Crippen LogP contribution in [0.15, 0.2) is 40.4 Å². The molecule has 8 nitrogen and oxygen atoms in total. The van der Waals surface area contributed by atoms with Gasteiger partial charge >= 0.3 is 0 Å². The monoisotopic (exact) mass is 455 g/mol. The van der Waals surface area contributed by atoms with E-state index in [1.54, 1.807) is 29.2 Å². The fourth-order valence-corrected chi connectivity index (χ4v) is 4.60. The lowest BCUT2D eigenvalue weighted by molar-refractivity contribution is 0.198. The highest BCUT2D eigenvalue weighted by molar-refractivity contribution is 7.14. The second-order valence-corrected chi connectivity index (χ2v) is 8.64. The van der Waals surface area contributed by atoms with Crippen molar-refractivity contribution in [3.05, 3.63) is 57.3 Å². The summed E-state index contributed by atoms with van der Waals surface area (Å²) in [5.74, 6) is 0.418. The lowest BCUT2D eigenvalue weighted by Gasteiger charge is -2.12. The van der Waals surface area contributed by atoms with Crippen molar-refractivity contribution < 1.29 is 19.7 Å². The molecule has 0 atom stereocenters. The molecule has 32 heavy (non-hydrogen) atoms. The average molecular weight is 456 g/mol. The van der Waals surface area contributed by atoms with Crippen LogP contribution in [0.2, 0.25) is 0 Å². The van der Waals surface area contributed by atoms with E-state index >= 15 is 0 Å². The Bertz CT molecular complexity index is 1250. The Kier molecular flexibility index (Phi) is 6.69. The van der Waals surface area contributed by atoms with Crippen LogP contribution in [0, 0.1) is 0 Å². The van der Waals surface area contributed by atoms with Crippen molar-refractivity contribution in [2.75, 3.05) is 26.9 Å². The minimum Gasteiger partial charge on any atom is -0.512 e. The molecule has 1 saturated heterocycles. The summed E-state index contributed by atoms with van der Waals surface area (Å²) in [7, 11) is 3.23. The second-order valence-electron chi connectivity index (χ2n) is 7.50. The Hall–Kier alpha value is -3.01. The summed E-state index contributed by atoms with van der Waals surface area (Å²) in [4.78, 5) is 21.5. The number of rotatable bonds is 3. The molecule has 5 rings (SSSR count). The van der Waals surface area contributed by atoms with Crippen LogP contribution in [-0.4, -0.2) is 51.1 Å². The smallest absolute Gasteiger partial charge is 0.268 e. The Morgan fingerprint density at radius 1 is 1.22 bits per heavy atom. The first-order valence-corrected chi connectivity index (χ1v) is 11.1. The van der Waals surface area contributed by atoms with Crippen LogP contribution in [0.1, 0.15) is 24.2 Å². The van der Waals surface area contributed by atoms with Crippen LogP contribution in [-0.2, 0) is 18.2 Å². The molecule has 3 heterocycles. The molecular formula is C23H25N3O5S. The van der Waals surface area contributed by atoms with Gasteiger partial charge in [-0.05, 0) is 36.6 Å². The largest absolute Gasteiger partial charge is 0.512 e. The summed E-state index contributed by atoms with van der Waals surface area (Å²) < 4.78 is 12.8. The van der Waals surface area contributed by atoms with Crippen molar-refractivity contribution in [3.63, 3.8) is 0 Å². The van der Waals surface area contributed by atoms with Gasteiger partial charge < -0.3 is 19.7 Å². The Balaban J connectivity index is 0.000000433. The predicted molar refractivity (Wildman–Crippen MR) is 124 cm³/mol. The van der Waals surface area contributed by atoms with Crippen LogP contribution in [0.25, 0.3) is 27.4 Å². The maximum atomic E-state index is 12.3. The number of aliphatic hydroxyl groups excluding tert-OH is 2. The van der Waals surface area contributed by atoms with Gasteiger partial charge in [0.15, 0.2) is 0 Å². The molecule has 1 aliphatic heterocycles. The number of allylic oxidation sites excluding steroid dienone is 1. The van der Waals surface area contributed by atoms with Gasteiger partial charge in [-0.2, -0.15) is 0 Å². The van der Waals surface area contributed by atoms with Gasteiger partial charge in [-0.3, -0.25) is 8.75 Å². The Morgan fingerprint density at radius 3 is 2.66 bits per heavy atom. The van der Waals surface area contributed by atoms with Crippen LogP contribution in [0.3, 0.4) is 0 Å². The van der Waals surface area contributed by atoms with Gasteiger partial charge in [0.05, 0.1) is 40.9 Å². The van der Waals surface area contributed by atoms with Crippen LogP contribution < -0.4 is 10.3 Å². The second kappa shape index (κ2) is 9.64. The molecule has 1 aromatic carbocycles. The molecule has 9 heteroatoms. The Labute approximate surface area is 189 Å². The van der Waals surface area contributed by atoms with Gasteiger partial charge in [-0.15, -0.1) is 0 Å². The summed E-state index contributed by atoms with van der Waals surface area (Å²) in [6, 6.07) is 5.46. The number of methoxy groups -OCH3 is 1. The fourth-order valence-electron chi connectivity index (χ4n) is 3.62. The van der Waals surface area contributed by atoms with Gasteiger partial charge in [-0.1, -0.05) is 23.7 Å². The molecular weight excluding hydrogens is 430 g/mol. The maximum absolute atomic E-state index is 12.3. The van der Waals surface area contributed by atoms with Crippen molar-refractivity contribution in [1.82, 2.24) is 13.9 Å². The molecule has 2 aromatic heterocycles. The van der Waals surface area contributed by atoms with E-state index in [-0.39, 0.29) is 24.3 Å². The van der Waals surface area contributed by atoms with Crippen molar-refractivity contribution >= 4 is 27.7 Å². The van der Waals surface area contributed by atoms with Gasteiger partial charge in [0.2, 0.25) is 5.88 Å². The third-order valence-electron chi connectivity index (χ3n) is 5.21. The van der Waals surface area contributed by atoms with Crippen LogP contribution in [0.5, 0.6) is 5.88 Å². The third kappa shape index (κ3) is 4.45. The van der Waals surface area contributed by atoms with E-state index in [0.717, 1.165) is 23.5 Å². The summed E-state index contributed by atoms with van der Waals surface area (Å²) in [5, 5.41) is 20.2. The van der Waals surface area contributed by atoms with E-state index < -0.39 is 0 Å². The van der Waals surface area contributed by atoms with Gasteiger partial charge in [0, 0.05) is 32.2 Å². The van der Waals surface area contributed by atoms with Crippen molar-refractivity contribution in [1.29, 1.82) is 0 Å². The molecule has 168 valence electrons. The van der Waals surface area contributed by atoms with Crippen molar-refractivity contribution in [2.24, 2.45) is 7.05 Å². The molecule has 0 saturated carbocycles. The van der Waals surface area contributed by atoms with Crippen molar-refractivity contribution in [2.45, 2.75) is 19.3 Å². The Morgan fingerprint density at radius 2 is 2.00 bits per heavy atom. The number of benzene rings is 1. The number of aryl methyl sites for hydroxylation is 1. The van der Waals surface area contributed by atoms with Gasteiger partial charge in [-0.25, -0.2) is 9.97 Å². The van der Waals surface area contributed by atoms with E-state index in [1.807, 2.05) is 6.07 Å². The molecule has 1 fully saturated rings. The minimum absolute atomic E-state index is 0.0605. The predicted octanol–water partition coefficient (Wildman–Crippen LogP) is 3.24. The topological polar surface area (TPSA) is 107 Å². The molecule has 0 bridgehead atoms. The lowest BCUT2D eigenvalue weighted by atomic mass is 10.1. The average Bonchev–Trinajstić information content (AvgIpc) is 3.43. The lowest BCUT2D eigenvalue weighted by Crippen LogP contribution is -2.07. The summed E-state index contributed by atoms with van der Waals surface area (Å²) in [6.45, 7) is 1.78. The number of hydrogen-bond acceptors (Lipinski definition) is 8. The molecule has 0 amide bonds. The molecule has 2 N–H and O–H groups in total. The summed E-state index contributed by atoms with van der Waals surface area (Å²) in [5.41, 5.74) is 2.85. The first-order chi connectivity index (χ1) is 15.5. The maximum Gasteiger partial charge on any atom is 0.268 e. The first-order valence-electron chi connectivity index (χ1n) is 10.3. The molecule has 2 aliphatic rings. The zero-order valence-corrected chi connectivity index (χ0v) is 18.8. The first kappa shape index (κ1) is 22.2. The summed E-state index contributed by atoms with van der Waals surface area (Å²) >= 11 is 1.34. The van der Waals surface area contributed by atoms with Crippen LogP contribution >= 0.6 is 11.5 Å².